The molecule has 2 N–H and O–H groups in total. The Balaban J connectivity index is 1.99. The van der Waals surface area contributed by atoms with Gasteiger partial charge in [-0.05, 0) is 13.0 Å². The zero-order chi connectivity index (χ0) is 14.7. The second-order valence-electron chi connectivity index (χ2n) is 4.88. The summed E-state index contributed by atoms with van der Waals surface area (Å²) in [4.78, 5) is 35.4. The second kappa shape index (κ2) is 6.41. The summed E-state index contributed by atoms with van der Waals surface area (Å²) in [7, 11) is 0. The monoisotopic (exact) mass is 298 g/mol. The van der Waals surface area contributed by atoms with E-state index in [-0.39, 0.29) is 22.9 Å². The number of β-lactam (4-membered cyclic amide) rings is 1. The molecule has 3 atom stereocenters. The van der Waals surface area contributed by atoms with Crippen molar-refractivity contribution in [3.05, 3.63) is 11.8 Å². The van der Waals surface area contributed by atoms with Gasteiger partial charge in [0.2, 0.25) is 5.91 Å². The van der Waals surface area contributed by atoms with Crippen LogP contribution in [0.15, 0.2) is 11.8 Å². The molecule has 2 rings (SSSR count). The van der Waals surface area contributed by atoms with Crippen LogP contribution in [-0.2, 0) is 14.4 Å². The number of hydrogen-bond acceptors (Lipinski definition) is 5. The van der Waals surface area contributed by atoms with E-state index in [1.54, 1.807) is 0 Å². The Morgan fingerprint density at radius 3 is 2.90 bits per heavy atom. The second-order valence-corrected chi connectivity index (χ2v) is 6.10. The van der Waals surface area contributed by atoms with Gasteiger partial charge in [-0.1, -0.05) is 19.8 Å². The minimum Gasteiger partial charge on any atom is -0.480 e. The van der Waals surface area contributed by atoms with Gasteiger partial charge in [0.05, 0.1) is 0 Å². The van der Waals surface area contributed by atoms with Crippen LogP contribution in [0.2, 0.25) is 0 Å². The van der Waals surface area contributed by atoms with Crippen LogP contribution in [0.3, 0.4) is 0 Å². The molecule has 1 amide bonds. The van der Waals surface area contributed by atoms with Crippen LogP contribution in [0, 0.1) is 0 Å². The first-order valence-electron chi connectivity index (χ1n) is 6.71. The quantitative estimate of drug-likeness (QED) is 0.406. The van der Waals surface area contributed by atoms with E-state index in [2.05, 4.69) is 12.2 Å². The van der Waals surface area contributed by atoms with Gasteiger partial charge in [0, 0.05) is 11.8 Å². The third-order valence-electron chi connectivity index (χ3n) is 3.45. The SMILES string of the molecule is CCCCCNC1C(=O)N2C=C(C=O)C(C(=O)O)S[C@H]12. The fourth-order valence-corrected chi connectivity index (χ4v) is 3.66. The molecule has 0 aromatic heterocycles. The molecule has 110 valence electrons. The Morgan fingerprint density at radius 1 is 1.55 bits per heavy atom. The summed E-state index contributed by atoms with van der Waals surface area (Å²) < 4.78 is 0. The van der Waals surface area contributed by atoms with E-state index in [1.807, 2.05) is 0 Å². The van der Waals surface area contributed by atoms with Gasteiger partial charge in [-0.15, -0.1) is 11.8 Å². The van der Waals surface area contributed by atoms with Gasteiger partial charge in [-0.25, -0.2) is 0 Å². The topological polar surface area (TPSA) is 86.7 Å². The van der Waals surface area contributed by atoms with Crippen LogP contribution in [0.1, 0.15) is 26.2 Å². The van der Waals surface area contributed by atoms with Crippen molar-refractivity contribution >= 4 is 29.9 Å². The van der Waals surface area contributed by atoms with Crippen molar-refractivity contribution in [1.82, 2.24) is 10.2 Å². The standard InChI is InChI=1S/C13H18N2O4S/c1-2-3-4-5-14-9-11(17)15-6-8(7-16)10(13(18)19)20-12(9)15/h6-7,9-10,12,14H,2-5H2,1H3,(H,18,19)/t9?,10?,12-/m1/s1. The van der Waals surface area contributed by atoms with E-state index in [4.69, 9.17) is 5.11 Å². The highest BCUT2D eigenvalue weighted by Gasteiger charge is 2.51. The first kappa shape index (κ1) is 15.1. The summed E-state index contributed by atoms with van der Waals surface area (Å²) >= 11 is 1.14. The molecule has 2 aliphatic heterocycles. The van der Waals surface area contributed by atoms with Gasteiger partial charge in [0.1, 0.15) is 23.0 Å². The van der Waals surface area contributed by atoms with Crippen molar-refractivity contribution in [3.63, 3.8) is 0 Å². The Labute approximate surface area is 121 Å². The third-order valence-corrected chi connectivity index (χ3v) is 4.98. The van der Waals surface area contributed by atoms with Crippen molar-refractivity contribution in [2.24, 2.45) is 0 Å². The number of carbonyl (C=O) groups is 3. The van der Waals surface area contributed by atoms with E-state index < -0.39 is 11.2 Å². The third kappa shape index (κ3) is 2.73. The molecule has 7 heteroatoms. The van der Waals surface area contributed by atoms with Gasteiger partial charge in [0.15, 0.2) is 0 Å². The minimum atomic E-state index is -1.04. The summed E-state index contributed by atoms with van der Waals surface area (Å²) in [5, 5.41) is 11.2. The number of fused-ring (bicyclic) bond motifs is 1. The maximum absolute atomic E-state index is 11.9. The highest BCUT2D eigenvalue weighted by Crippen LogP contribution is 2.40. The Hall–Kier alpha value is -1.34. The van der Waals surface area contributed by atoms with Crippen LogP contribution < -0.4 is 5.32 Å². The lowest BCUT2D eigenvalue weighted by atomic mass is 10.1. The predicted octanol–water partition coefficient (Wildman–Crippen LogP) is 0.586. The van der Waals surface area contributed by atoms with E-state index in [9.17, 15) is 14.4 Å². The number of unbranched alkanes of at least 4 members (excludes halogenated alkanes) is 2. The Morgan fingerprint density at radius 2 is 2.30 bits per heavy atom. The highest BCUT2D eigenvalue weighted by atomic mass is 32.2. The number of carboxylic acids is 1. The van der Waals surface area contributed by atoms with Crippen LogP contribution >= 0.6 is 11.8 Å². The van der Waals surface area contributed by atoms with E-state index >= 15 is 0 Å². The number of aldehydes is 1. The van der Waals surface area contributed by atoms with Crippen molar-refractivity contribution in [2.75, 3.05) is 6.54 Å². The molecule has 20 heavy (non-hydrogen) atoms. The average Bonchev–Trinajstić information content (AvgIpc) is 2.45. The summed E-state index contributed by atoms with van der Waals surface area (Å²) in [6, 6.07) is -0.344. The Bertz CT molecular complexity index is 452. The van der Waals surface area contributed by atoms with E-state index in [1.165, 1.54) is 11.1 Å². The molecule has 2 heterocycles. The molecular formula is C13H18N2O4S. The average molecular weight is 298 g/mol. The summed E-state index contributed by atoms with van der Waals surface area (Å²) in [5.41, 5.74) is 0.136. The molecule has 0 radical (unpaired) electrons. The van der Waals surface area contributed by atoms with Crippen LogP contribution in [0.25, 0.3) is 0 Å². The first-order chi connectivity index (χ1) is 9.60. The molecule has 0 aromatic rings. The number of aliphatic carboxylic acids is 1. The first-order valence-corrected chi connectivity index (χ1v) is 7.65. The maximum atomic E-state index is 11.9. The van der Waals surface area contributed by atoms with Crippen LogP contribution in [-0.4, -0.2) is 51.4 Å². The number of carbonyl (C=O) groups excluding carboxylic acids is 2. The van der Waals surface area contributed by atoms with E-state index in [0.29, 0.717) is 6.29 Å². The molecule has 2 aliphatic rings. The Kier molecular flexibility index (Phi) is 4.82. The van der Waals surface area contributed by atoms with Gasteiger partial charge in [-0.3, -0.25) is 14.4 Å². The largest absolute Gasteiger partial charge is 0.480 e. The smallest absolute Gasteiger partial charge is 0.321 e. The number of hydrogen-bond donors (Lipinski definition) is 2. The lowest BCUT2D eigenvalue weighted by Crippen LogP contribution is -2.68. The molecule has 6 nitrogen and oxygen atoms in total. The number of rotatable bonds is 7. The lowest BCUT2D eigenvalue weighted by molar-refractivity contribution is -0.143. The zero-order valence-electron chi connectivity index (χ0n) is 11.2. The number of nitrogens with zero attached hydrogens (tertiary/aromatic N) is 1. The molecule has 0 bridgehead atoms. The number of carboxylic acid groups (broad SMARTS) is 1. The molecule has 0 saturated carbocycles. The van der Waals surface area contributed by atoms with Gasteiger partial charge in [-0.2, -0.15) is 0 Å². The highest BCUT2D eigenvalue weighted by molar-refractivity contribution is 8.01. The van der Waals surface area contributed by atoms with Gasteiger partial charge < -0.3 is 15.3 Å². The maximum Gasteiger partial charge on any atom is 0.321 e. The number of nitrogens with one attached hydrogen (secondary N) is 1. The van der Waals surface area contributed by atoms with Crippen molar-refractivity contribution < 1.29 is 19.5 Å². The predicted molar refractivity (Wildman–Crippen MR) is 75.1 cm³/mol. The van der Waals surface area contributed by atoms with Crippen molar-refractivity contribution in [2.45, 2.75) is 42.9 Å². The van der Waals surface area contributed by atoms with Crippen molar-refractivity contribution in [3.8, 4) is 0 Å². The van der Waals surface area contributed by atoms with Gasteiger partial charge >= 0.3 is 5.97 Å². The summed E-state index contributed by atoms with van der Waals surface area (Å²) in [6.45, 7) is 2.85. The molecule has 1 saturated heterocycles. The number of amides is 1. The van der Waals surface area contributed by atoms with Gasteiger partial charge in [0.25, 0.3) is 0 Å². The van der Waals surface area contributed by atoms with Crippen molar-refractivity contribution in [1.29, 1.82) is 0 Å². The fraction of sp³-hybridized carbons (Fsp3) is 0.615. The normalized spacial score (nSPS) is 28.4. The molecular weight excluding hydrogens is 280 g/mol. The fourth-order valence-electron chi connectivity index (χ4n) is 2.33. The summed E-state index contributed by atoms with van der Waals surface area (Å²) in [6.07, 6.45) is 5.09. The molecule has 1 fully saturated rings. The number of thioether (sulfide) groups is 1. The lowest BCUT2D eigenvalue weighted by Gasteiger charge is -2.48. The minimum absolute atomic E-state index is 0.0952. The molecule has 2 unspecified atom stereocenters. The molecule has 0 spiro atoms. The van der Waals surface area contributed by atoms with E-state index in [0.717, 1.165) is 37.6 Å². The summed E-state index contributed by atoms with van der Waals surface area (Å²) in [5.74, 6) is -1.14. The molecule has 0 aromatic carbocycles. The van der Waals surface area contributed by atoms with Crippen LogP contribution in [0.5, 0.6) is 0 Å². The molecule has 0 aliphatic carbocycles. The zero-order valence-corrected chi connectivity index (χ0v) is 12.1. The van der Waals surface area contributed by atoms with Crippen LogP contribution in [0.4, 0.5) is 0 Å².